The van der Waals surface area contributed by atoms with E-state index in [-0.39, 0.29) is 12.3 Å². The Labute approximate surface area is 115 Å². The molecule has 5 heteroatoms. The molecular weight excluding hydrogens is 264 g/mol. The van der Waals surface area contributed by atoms with E-state index in [1.165, 1.54) is 0 Å². The number of nitrogens with two attached hydrogens (primary N) is 1. The van der Waals surface area contributed by atoms with Gasteiger partial charge < -0.3 is 10.5 Å². The molecule has 0 heterocycles. The molecule has 0 amide bonds. The first-order valence-corrected chi connectivity index (χ1v) is 5.94. The highest BCUT2D eigenvalue weighted by atomic mass is 19.1. The maximum absolute atomic E-state index is 13.5. The van der Waals surface area contributed by atoms with E-state index < -0.39 is 23.2 Å². The van der Waals surface area contributed by atoms with Crippen LogP contribution in [0.3, 0.4) is 0 Å². The molecule has 104 valence electrons. The molecule has 2 rings (SSSR count). The van der Waals surface area contributed by atoms with Crippen molar-refractivity contribution in [1.29, 1.82) is 0 Å². The number of nitrogen functional groups attached to an aromatic ring is 1. The largest absolute Gasteiger partial charge is 0.457 e. The van der Waals surface area contributed by atoms with Gasteiger partial charge in [0.05, 0.1) is 11.3 Å². The molecule has 0 aliphatic heterocycles. The maximum Gasteiger partial charge on any atom is 0.341 e. The summed E-state index contributed by atoms with van der Waals surface area (Å²) in [5.41, 5.74) is 6.22. The van der Waals surface area contributed by atoms with Gasteiger partial charge in [0.1, 0.15) is 18.2 Å². The molecule has 0 unspecified atom stereocenters. The molecule has 0 fully saturated rings. The Balaban J connectivity index is 2.09. The van der Waals surface area contributed by atoms with Crippen LogP contribution in [0, 0.1) is 18.6 Å². The molecule has 2 aromatic carbocycles. The first-order chi connectivity index (χ1) is 9.47. The topological polar surface area (TPSA) is 52.3 Å². The molecular formula is C15H13F2NO2. The standard InChI is InChI=1S/C15H13F2NO2/c1-9-2-4-10(5-3-9)8-20-15(19)11-6-13(17)14(18)7-12(11)16/h2-7H,8,18H2,1H3. The summed E-state index contributed by atoms with van der Waals surface area (Å²) in [4.78, 5) is 11.7. The minimum absolute atomic E-state index is 0.00938. The van der Waals surface area contributed by atoms with Gasteiger partial charge in [-0.1, -0.05) is 29.8 Å². The van der Waals surface area contributed by atoms with Crippen molar-refractivity contribution in [3.8, 4) is 0 Å². The zero-order chi connectivity index (χ0) is 14.7. The Morgan fingerprint density at radius 3 is 2.45 bits per heavy atom. The van der Waals surface area contributed by atoms with Crippen molar-refractivity contribution in [1.82, 2.24) is 0 Å². The first-order valence-electron chi connectivity index (χ1n) is 5.94. The second kappa shape index (κ2) is 5.69. The van der Waals surface area contributed by atoms with E-state index in [0.29, 0.717) is 0 Å². The highest BCUT2D eigenvalue weighted by Crippen LogP contribution is 2.18. The Morgan fingerprint density at radius 2 is 1.80 bits per heavy atom. The number of hydrogen-bond donors (Lipinski definition) is 1. The van der Waals surface area contributed by atoms with Gasteiger partial charge in [-0.3, -0.25) is 0 Å². The van der Waals surface area contributed by atoms with Crippen LogP contribution in [0.5, 0.6) is 0 Å². The zero-order valence-electron chi connectivity index (χ0n) is 10.8. The summed E-state index contributed by atoms with van der Waals surface area (Å²) in [6.07, 6.45) is 0. The number of benzene rings is 2. The lowest BCUT2D eigenvalue weighted by Gasteiger charge is -2.07. The Morgan fingerprint density at radius 1 is 1.15 bits per heavy atom. The SMILES string of the molecule is Cc1ccc(COC(=O)c2cc(F)c(N)cc2F)cc1. The van der Waals surface area contributed by atoms with Crippen LogP contribution in [0.2, 0.25) is 0 Å². The zero-order valence-corrected chi connectivity index (χ0v) is 10.8. The third-order valence-electron chi connectivity index (χ3n) is 2.80. The van der Waals surface area contributed by atoms with Gasteiger partial charge in [0, 0.05) is 6.07 Å². The number of hydrogen-bond acceptors (Lipinski definition) is 3. The van der Waals surface area contributed by atoms with Gasteiger partial charge in [0.15, 0.2) is 0 Å². The van der Waals surface area contributed by atoms with Crippen LogP contribution in [0.15, 0.2) is 36.4 Å². The molecule has 20 heavy (non-hydrogen) atoms. The molecule has 0 radical (unpaired) electrons. The number of halogens is 2. The van der Waals surface area contributed by atoms with Crippen LogP contribution in [0.1, 0.15) is 21.5 Å². The van der Waals surface area contributed by atoms with Crippen molar-refractivity contribution in [3.05, 3.63) is 64.7 Å². The predicted octanol–water partition coefficient (Wildman–Crippen LogP) is 3.21. The van der Waals surface area contributed by atoms with Crippen LogP contribution in [0.4, 0.5) is 14.5 Å². The monoisotopic (exact) mass is 277 g/mol. The van der Waals surface area contributed by atoms with Crippen LogP contribution < -0.4 is 5.73 Å². The fourth-order valence-corrected chi connectivity index (χ4v) is 1.63. The van der Waals surface area contributed by atoms with Crippen LogP contribution in [-0.4, -0.2) is 5.97 Å². The number of ether oxygens (including phenoxy) is 1. The Hall–Kier alpha value is -2.43. The van der Waals surface area contributed by atoms with Crippen molar-refractivity contribution < 1.29 is 18.3 Å². The smallest absolute Gasteiger partial charge is 0.341 e. The molecule has 0 atom stereocenters. The third-order valence-corrected chi connectivity index (χ3v) is 2.80. The molecule has 0 aliphatic rings. The van der Waals surface area contributed by atoms with Crippen LogP contribution >= 0.6 is 0 Å². The van der Waals surface area contributed by atoms with E-state index in [2.05, 4.69) is 0 Å². The van der Waals surface area contributed by atoms with Crippen molar-refractivity contribution in [2.24, 2.45) is 0 Å². The quantitative estimate of drug-likeness (QED) is 0.692. The predicted molar refractivity (Wildman–Crippen MR) is 71.1 cm³/mol. The number of rotatable bonds is 3. The number of carbonyl (C=O) groups excluding carboxylic acids is 1. The van der Waals surface area contributed by atoms with E-state index >= 15 is 0 Å². The van der Waals surface area contributed by atoms with Gasteiger partial charge in [-0.15, -0.1) is 0 Å². The number of carbonyl (C=O) groups is 1. The molecule has 3 nitrogen and oxygen atoms in total. The molecule has 0 spiro atoms. The molecule has 2 aromatic rings. The first kappa shape index (κ1) is 14.0. The number of aryl methyl sites for hydroxylation is 1. The molecule has 0 saturated carbocycles. The summed E-state index contributed by atoms with van der Waals surface area (Å²) < 4.78 is 31.7. The summed E-state index contributed by atoms with van der Waals surface area (Å²) in [5, 5.41) is 0. The number of esters is 1. The minimum Gasteiger partial charge on any atom is -0.457 e. The van der Waals surface area contributed by atoms with Gasteiger partial charge in [-0.05, 0) is 18.6 Å². The summed E-state index contributed by atoms with van der Waals surface area (Å²) in [6, 6.07) is 8.82. The van der Waals surface area contributed by atoms with Crippen molar-refractivity contribution in [3.63, 3.8) is 0 Å². The van der Waals surface area contributed by atoms with Gasteiger partial charge >= 0.3 is 5.97 Å². The van der Waals surface area contributed by atoms with Gasteiger partial charge in [-0.25, -0.2) is 13.6 Å². The van der Waals surface area contributed by atoms with E-state index in [4.69, 9.17) is 10.5 Å². The van der Waals surface area contributed by atoms with Gasteiger partial charge in [0.2, 0.25) is 0 Å². The van der Waals surface area contributed by atoms with Crippen LogP contribution in [-0.2, 0) is 11.3 Å². The van der Waals surface area contributed by atoms with Gasteiger partial charge in [-0.2, -0.15) is 0 Å². The maximum atomic E-state index is 13.5. The van der Waals surface area contributed by atoms with E-state index in [1.807, 2.05) is 19.1 Å². The average Bonchev–Trinajstić information content (AvgIpc) is 2.42. The molecule has 0 aliphatic carbocycles. The summed E-state index contributed by atoms with van der Waals surface area (Å²) in [7, 11) is 0. The second-order valence-electron chi connectivity index (χ2n) is 4.42. The minimum atomic E-state index is -0.929. The van der Waals surface area contributed by atoms with Crippen molar-refractivity contribution in [2.75, 3.05) is 5.73 Å². The third kappa shape index (κ3) is 3.12. The average molecular weight is 277 g/mol. The molecule has 0 aromatic heterocycles. The van der Waals surface area contributed by atoms with Crippen LogP contribution in [0.25, 0.3) is 0 Å². The highest BCUT2D eigenvalue weighted by molar-refractivity contribution is 5.90. The normalized spacial score (nSPS) is 10.3. The van der Waals surface area contributed by atoms with E-state index in [9.17, 15) is 13.6 Å². The second-order valence-corrected chi connectivity index (χ2v) is 4.42. The summed E-state index contributed by atoms with van der Waals surface area (Å²) >= 11 is 0. The van der Waals surface area contributed by atoms with Crippen molar-refractivity contribution in [2.45, 2.75) is 13.5 Å². The fraction of sp³-hybridized carbons (Fsp3) is 0.133. The van der Waals surface area contributed by atoms with E-state index in [1.54, 1.807) is 12.1 Å². The molecule has 2 N–H and O–H groups in total. The fourth-order valence-electron chi connectivity index (χ4n) is 1.63. The highest BCUT2D eigenvalue weighted by Gasteiger charge is 2.16. The Bertz CT molecular complexity index is 639. The van der Waals surface area contributed by atoms with Gasteiger partial charge in [0.25, 0.3) is 0 Å². The lowest BCUT2D eigenvalue weighted by molar-refractivity contribution is 0.0467. The summed E-state index contributed by atoms with van der Waals surface area (Å²) in [6.45, 7) is 1.92. The lowest BCUT2D eigenvalue weighted by atomic mass is 10.1. The molecule has 0 bridgehead atoms. The number of anilines is 1. The van der Waals surface area contributed by atoms with E-state index in [0.717, 1.165) is 23.3 Å². The molecule has 0 saturated heterocycles. The lowest BCUT2D eigenvalue weighted by Crippen LogP contribution is -2.09. The van der Waals surface area contributed by atoms with Crippen molar-refractivity contribution >= 4 is 11.7 Å². The Kier molecular flexibility index (Phi) is 3.98. The summed E-state index contributed by atoms with van der Waals surface area (Å²) in [5.74, 6) is -2.69.